The normalized spacial score (nSPS) is 29.7. The molecule has 2 fully saturated rings. The molecule has 0 aromatic heterocycles. The summed E-state index contributed by atoms with van der Waals surface area (Å²) in [7, 11) is -6.10. The summed E-state index contributed by atoms with van der Waals surface area (Å²) in [6, 6.07) is 41.5. The van der Waals surface area contributed by atoms with Crippen molar-refractivity contribution in [2.45, 2.75) is 37.8 Å². The molecule has 4 aromatic rings. The molecule has 0 radical (unpaired) electrons. The molecule has 0 N–H and O–H groups in total. The van der Waals surface area contributed by atoms with Gasteiger partial charge in [0.15, 0.2) is 0 Å². The standard InChI is InChI=1S/C42H42N2O2P2/c45-47(35-23-9-3-10-24-35)39-29-15-13-27-37(39)41(33-19-5-1-6-20-33)43(47)31-17-18-32-44-42(34-21-7-2-8-22-34)38-28-14-16-30-40(38)48(44,46)36-25-11-4-12-26-36/h1-14,19-30,37-38,41-42H,15-18,31-32H2/t37-,38+,41+,42-,47+,48-. The smallest absolute Gasteiger partial charge is 0.204 e. The third-order valence-corrected chi connectivity index (χ3v) is 17.3. The molecular weight excluding hydrogens is 626 g/mol. The molecular formula is C42H42N2O2P2. The van der Waals surface area contributed by atoms with Crippen LogP contribution in [-0.2, 0) is 9.13 Å². The van der Waals surface area contributed by atoms with Crippen LogP contribution in [0.1, 0.15) is 48.9 Å². The first-order valence-electron chi connectivity index (χ1n) is 17.3. The second kappa shape index (κ2) is 13.3. The van der Waals surface area contributed by atoms with E-state index < -0.39 is 14.6 Å². The van der Waals surface area contributed by atoms with Gasteiger partial charge in [-0.25, -0.2) is 9.34 Å². The van der Waals surface area contributed by atoms with Crippen LogP contribution >= 0.6 is 14.6 Å². The van der Waals surface area contributed by atoms with Crippen molar-refractivity contribution in [3.8, 4) is 0 Å². The molecule has 4 aromatic carbocycles. The van der Waals surface area contributed by atoms with E-state index in [1.807, 2.05) is 60.7 Å². The lowest BCUT2D eigenvalue weighted by atomic mass is 9.89. The van der Waals surface area contributed by atoms with Crippen LogP contribution in [-0.4, -0.2) is 22.4 Å². The highest BCUT2D eigenvalue weighted by Gasteiger charge is 2.54. The van der Waals surface area contributed by atoms with E-state index in [-0.39, 0.29) is 23.9 Å². The van der Waals surface area contributed by atoms with Crippen LogP contribution in [0.15, 0.2) is 168 Å². The maximum Gasteiger partial charge on any atom is 0.204 e. The summed E-state index contributed by atoms with van der Waals surface area (Å²) in [4.78, 5) is 0. The van der Waals surface area contributed by atoms with Crippen LogP contribution in [0.3, 0.4) is 0 Å². The molecule has 2 saturated heterocycles. The molecule has 8 rings (SSSR count). The number of nitrogens with zero attached hydrogens (tertiary/aromatic N) is 2. The van der Waals surface area contributed by atoms with Gasteiger partial charge in [0.2, 0.25) is 14.6 Å². The van der Waals surface area contributed by atoms with Crippen LogP contribution in [0.2, 0.25) is 0 Å². The summed E-state index contributed by atoms with van der Waals surface area (Å²) in [5.41, 5.74) is 2.40. The van der Waals surface area contributed by atoms with Gasteiger partial charge in [0, 0.05) is 46.2 Å². The fourth-order valence-electron chi connectivity index (χ4n) is 8.52. The average Bonchev–Trinajstić information content (AvgIpc) is 3.57. The summed E-state index contributed by atoms with van der Waals surface area (Å²) in [6.07, 6.45) is 16.8. The van der Waals surface area contributed by atoms with Crippen LogP contribution in [0.25, 0.3) is 0 Å². The van der Waals surface area contributed by atoms with E-state index in [2.05, 4.69) is 106 Å². The summed E-state index contributed by atoms with van der Waals surface area (Å²) < 4.78 is 35.9. The maximum absolute atomic E-state index is 15.6. The van der Waals surface area contributed by atoms with Crippen molar-refractivity contribution in [2.75, 3.05) is 13.1 Å². The zero-order chi connectivity index (χ0) is 32.6. The van der Waals surface area contributed by atoms with Gasteiger partial charge in [-0.3, -0.25) is 9.13 Å². The van der Waals surface area contributed by atoms with Gasteiger partial charge in [0.05, 0.1) is 12.1 Å². The summed E-state index contributed by atoms with van der Waals surface area (Å²) in [6.45, 7) is 1.39. The Kier molecular flexibility index (Phi) is 8.70. The van der Waals surface area contributed by atoms with Crippen molar-refractivity contribution < 1.29 is 9.13 Å². The Morgan fingerprint density at radius 3 is 1.23 bits per heavy atom. The number of benzene rings is 4. The van der Waals surface area contributed by atoms with Gasteiger partial charge in [-0.1, -0.05) is 134 Å². The largest absolute Gasteiger partial charge is 0.297 e. The Morgan fingerprint density at radius 1 is 0.500 bits per heavy atom. The van der Waals surface area contributed by atoms with Gasteiger partial charge >= 0.3 is 0 Å². The third kappa shape index (κ3) is 5.22. The molecule has 0 spiro atoms. The molecule has 6 heteroatoms. The molecule has 4 aliphatic rings. The molecule has 6 atom stereocenters. The molecule has 48 heavy (non-hydrogen) atoms. The Labute approximate surface area is 285 Å². The van der Waals surface area contributed by atoms with Gasteiger partial charge in [0.25, 0.3) is 0 Å². The van der Waals surface area contributed by atoms with Crippen molar-refractivity contribution in [1.29, 1.82) is 0 Å². The number of unbranched alkanes of at least 4 members (excludes halogenated alkanes) is 1. The molecule has 0 amide bonds. The monoisotopic (exact) mass is 668 g/mol. The first-order chi connectivity index (χ1) is 23.6. The lowest BCUT2D eigenvalue weighted by Gasteiger charge is -2.33. The van der Waals surface area contributed by atoms with Crippen molar-refractivity contribution in [2.24, 2.45) is 11.8 Å². The van der Waals surface area contributed by atoms with E-state index in [9.17, 15) is 0 Å². The zero-order valence-electron chi connectivity index (χ0n) is 27.2. The highest BCUT2D eigenvalue weighted by Crippen LogP contribution is 2.72. The van der Waals surface area contributed by atoms with Gasteiger partial charge in [-0.2, -0.15) is 0 Å². The average molecular weight is 669 g/mol. The fourth-order valence-corrected chi connectivity index (χ4v) is 15.5. The number of fused-ring (bicyclic) bond motifs is 2. The van der Waals surface area contributed by atoms with E-state index in [4.69, 9.17) is 0 Å². The molecule has 0 unspecified atom stereocenters. The van der Waals surface area contributed by atoms with Gasteiger partial charge in [-0.15, -0.1) is 0 Å². The number of rotatable bonds is 9. The first kappa shape index (κ1) is 31.5. The topological polar surface area (TPSA) is 40.6 Å². The highest BCUT2D eigenvalue weighted by atomic mass is 31.2. The van der Waals surface area contributed by atoms with E-state index in [1.54, 1.807) is 0 Å². The van der Waals surface area contributed by atoms with E-state index in [0.29, 0.717) is 13.1 Å². The Bertz CT molecular complexity index is 1830. The van der Waals surface area contributed by atoms with Crippen molar-refractivity contribution in [3.05, 3.63) is 180 Å². The minimum Gasteiger partial charge on any atom is -0.297 e. The Balaban J connectivity index is 1.14. The van der Waals surface area contributed by atoms with Gasteiger partial charge in [-0.05, 0) is 61.1 Å². The second-order valence-corrected chi connectivity index (χ2v) is 18.6. The number of hydrogen-bond donors (Lipinski definition) is 0. The molecule has 0 saturated carbocycles. The Hall–Kier alpha value is -3.78. The summed E-state index contributed by atoms with van der Waals surface area (Å²) in [5.74, 6) is 0.154. The minimum absolute atomic E-state index is 0.00234. The molecule has 2 heterocycles. The lowest BCUT2D eigenvalue weighted by Crippen LogP contribution is -2.29. The second-order valence-electron chi connectivity index (χ2n) is 13.2. The highest BCUT2D eigenvalue weighted by molar-refractivity contribution is 7.74. The molecule has 0 bridgehead atoms. The van der Waals surface area contributed by atoms with Crippen LogP contribution in [0, 0.1) is 11.8 Å². The predicted octanol–water partition coefficient (Wildman–Crippen LogP) is 10.0. The lowest BCUT2D eigenvalue weighted by molar-refractivity contribution is 0.289. The first-order valence-corrected chi connectivity index (χ1v) is 20.6. The molecule has 242 valence electrons. The zero-order valence-corrected chi connectivity index (χ0v) is 29.0. The molecule has 4 nitrogen and oxygen atoms in total. The van der Waals surface area contributed by atoms with Crippen LogP contribution in [0.5, 0.6) is 0 Å². The number of hydrogen-bond acceptors (Lipinski definition) is 2. The van der Waals surface area contributed by atoms with E-state index in [0.717, 1.165) is 46.9 Å². The minimum atomic E-state index is -3.05. The van der Waals surface area contributed by atoms with Crippen LogP contribution in [0.4, 0.5) is 0 Å². The third-order valence-electron chi connectivity index (χ3n) is 10.6. The molecule has 2 aliphatic heterocycles. The van der Waals surface area contributed by atoms with E-state index in [1.165, 1.54) is 11.1 Å². The van der Waals surface area contributed by atoms with Crippen LogP contribution < -0.4 is 10.6 Å². The van der Waals surface area contributed by atoms with E-state index >= 15 is 9.13 Å². The number of allylic oxidation sites excluding steroid dienone is 4. The maximum atomic E-state index is 15.6. The van der Waals surface area contributed by atoms with Crippen molar-refractivity contribution in [1.82, 2.24) is 9.34 Å². The predicted molar refractivity (Wildman–Crippen MR) is 199 cm³/mol. The molecule has 2 aliphatic carbocycles. The summed E-state index contributed by atoms with van der Waals surface area (Å²) in [5, 5.41) is 3.97. The quantitative estimate of drug-likeness (QED) is 0.101. The summed E-state index contributed by atoms with van der Waals surface area (Å²) >= 11 is 0. The van der Waals surface area contributed by atoms with Crippen molar-refractivity contribution in [3.63, 3.8) is 0 Å². The SMILES string of the molecule is O=[P@@]1(c2ccccc2)C2=CCC=C[C@H]2[C@H](c2ccccc2)N1CCCCN1[C@H](c2ccccc2)[C@H]2C=CCC=C2[P@]1(=O)c1ccccc1. The van der Waals surface area contributed by atoms with Gasteiger partial charge < -0.3 is 0 Å². The van der Waals surface area contributed by atoms with Gasteiger partial charge in [0.1, 0.15) is 0 Å². The fraction of sp³-hybridized carbons (Fsp3) is 0.238. The van der Waals surface area contributed by atoms with Crippen molar-refractivity contribution >= 4 is 25.2 Å². The Morgan fingerprint density at radius 2 is 0.854 bits per heavy atom.